The largest absolute Gasteiger partial charge is 0.399 e. The summed E-state index contributed by atoms with van der Waals surface area (Å²) in [7, 11) is 0. The van der Waals surface area contributed by atoms with E-state index in [-0.39, 0.29) is 11.5 Å². The van der Waals surface area contributed by atoms with Crippen LogP contribution in [0, 0.1) is 5.82 Å². The fraction of sp³-hybridized carbons (Fsp3) is 0.333. The van der Waals surface area contributed by atoms with Crippen molar-refractivity contribution in [1.82, 2.24) is 10.1 Å². The first-order valence-corrected chi connectivity index (χ1v) is 5.96. The molecule has 7 heteroatoms. The Labute approximate surface area is 109 Å². The minimum absolute atomic E-state index is 0.152. The van der Waals surface area contributed by atoms with E-state index in [2.05, 4.69) is 10.1 Å². The minimum atomic E-state index is -0.475. The van der Waals surface area contributed by atoms with E-state index in [0.717, 1.165) is 0 Å². The lowest BCUT2D eigenvalue weighted by Gasteiger charge is -2.24. The highest BCUT2D eigenvalue weighted by Gasteiger charge is 2.19. The average Bonchev–Trinajstić information content (AvgIpc) is 2.89. The number of benzene rings is 1. The van der Waals surface area contributed by atoms with Crippen LogP contribution >= 0.6 is 0 Å². The van der Waals surface area contributed by atoms with Crippen LogP contribution in [0.15, 0.2) is 22.7 Å². The summed E-state index contributed by atoms with van der Waals surface area (Å²) < 4.78 is 24.1. The van der Waals surface area contributed by atoms with E-state index in [9.17, 15) is 4.39 Å². The highest BCUT2D eigenvalue weighted by atomic mass is 19.1. The van der Waals surface area contributed by atoms with Gasteiger partial charge in [-0.1, -0.05) is 0 Å². The van der Waals surface area contributed by atoms with Gasteiger partial charge in [0.05, 0.1) is 18.8 Å². The second kappa shape index (κ2) is 4.85. The van der Waals surface area contributed by atoms with Crippen LogP contribution in [-0.4, -0.2) is 36.4 Å². The number of hydrogen-bond acceptors (Lipinski definition) is 6. The second-order valence-electron chi connectivity index (χ2n) is 4.24. The van der Waals surface area contributed by atoms with Crippen molar-refractivity contribution >= 4 is 11.6 Å². The number of morpholine rings is 1. The minimum Gasteiger partial charge on any atom is -0.399 e. The number of ether oxygens (including phenoxy) is 1. The number of hydrogen-bond donors (Lipinski definition) is 1. The zero-order chi connectivity index (χ0) is 13.2. The Morgan fingerprint density at radius 3 is 2.79 bits per heavy atom. The van der Waals surface area contributed by atoms with Crippen molar-refractivity contribution in [2.75, 3.05) is 36.9 Å². The first-order valence-electron chi connectivity index (χ1n) is 5.96. The molecule has 0 amide bonds. The molecule has 0 bridgehead atoms. The lowest BCUT2D eigenvalue weighted by molar-refractivity contribution is 0.121. The molecule has 2 N–H and O–H groups in total. The molecule has 1 aliphatic rings. The van der Waals surface area contributed by atoms with Crippen molar-refractivity contribution in [2.45, 2.75) is 0 Å². The fourth-order valence-corrected chi connectivity index (χ4v) is 1.92. The average molecular weight is 264 g/mol. The number of aromatic nitrogens is 2. The first kappa shape index (κ1) is 11.9. The molecule has 6 nitrogen and oxygen atoms in total. The van der Waals surface area contributed by atoms with Crippen molar-refractivity contribution in [1.29, 1.82) is 0 Å². The molecule has 19 heavy (non-hydrogen) atoms. The molecule has 1 aromatic heterocycles. The summed E-state index contributed by atoms with van der Waals surface area (Å²) in [6.45, 7) is 2.65. The maximum absolute atomic E-state index is 13.7. The molecule has 3 rings (SSSR count). The van der Waals surface area contributed by atoms with Gasteiger partial charge in [-0.25, -0.2) is 4.39 Å². The topological polar surface area (TPSA) is 77.4 Å². The Balaban J connectivity index is 1.87. The fourth-order valence-electron chi connectivity index (χ4n) is 1.92. The van der Waals surface area contributed by atoms with Gasteiger partial charge >= 0.3 is 0 Å². The van der Waals surface area contributed by atoms with Crippen molar-refractivity contribution in [2.24, 2.45) is 0 Å². The molecule has 1 aliphatic heterocycles. The third kappa shape index (κ3) is 2.37. The summed E-state index contributed by atoms with van der Waals surface area (Å²) in [6.07, 6.45) is 0. The van der Waals surface area contributed by atoms with Crippen LogP contribution in [0.25, 0.3) is 11.5 Å². The molecular weight excluding hydrogens is 251 g/mol. The molecule has 0 unspecified atom stereocenters. The van der Waals surface area contributed by atoms with Crippen molar-refractivity contribution < 1.29 is 13.7 Å². The van der Waals surface area contributed by atoms with E-state index in [1.165, 1.54) is 12.1 Å². The van der Waals surface area contributed by atoms with Gasteiger partial charge < -0.3 is 19.9 Å². The Hall–Kier alpha value is -2.15. The normalized spacial score (nSPS) is 15.7. The third-order valence-corrected chi connectivity index (χ3v) is 2.93. The molecule has 100 valence electrons. The Morgan fingerprint density at radius 1 is 1.26 bits per heavy atom. The molecule has 0 atom stereocenters. The van der Waals surface area contributed by atoms with Gasteiger partial charge in [0.2, 0.25) is 0 Å². The molecule has 0 radical (unpaired) electrons. The van der Waals surface area contributed by atoms with Crippen molar-refractivity contribution in [3.8, 4) is 11.5 Å². The summed E-state index contributed by atoms with van der Waals surface area (Å²) in [5, 5.41) is 3.87. The lowest BCUT2D eigenvalue weighted by atomic mass is 10.2. The summed E-state index contributed by atoms with van der Waals surface area (Å²) in [6, 6.07) is 4.35. The molecule has 0 spiro atoms. The zero-order valence-corrected chi connectivity index (χ0v) is 10.2. The maximum Gasteiger partial charge on any atom is 0.266 e. The van der Waals surface area contributed by atoms with Crippen LogP contribution in [0.1, 0.15) is 0 Å². The third-order valence-electron chi connectivity index (χ3n) is 2.93. The lowest BCUT2D eigenvalue weighted by Crippen LogP contribution is -2.36. The predicted molar refractivity (Wildman–Crippen MR) is 67.1 cm³/mol. The standard InChI is InChI=1S/C12H13FN4O2/c13-10-7-8(14)1-2-9(10)11-15-12(16-19-11)17-3-5-18-6-4-17/h1-2,7H,3-6,14H2. The summed E-state index contributed by atoms with van der Waals surface area (Å²) >= 11 is 0. The van der Waals surface area contributed by atoms with Crippen LogP contribution in [0.5, 0.6) is 0 Å². The number of nitrogens with two attached hydrogens (primary N) is 1. The maximum atomic E-state index is 13.7. The smallest absolute Gasteiger partial charge is 0.266 e. The van der Waals surface area contributed by atoms with Crippen LogP contribution in [0.4, 0.5) is 16.0 Å². The van der Waals surface area contributed by atoms with Crippen molar-refractivity contribution in [3.05, 3.63) is 24.0 Å². The Kier molecular flexibility index (Phi) is 3.04. The SMILES string of the molecule is Nc1ccc(-c2nc(N3CCOCC3)no2)c(F)c1. The van der Waals surface area contributed by atoms with Gasteiger partial charge in [-0.05, 0) is 23.4 Å². The molecule has 1 fully saturated rings. The van der Waals surface area contributed by atoms with Gasteiger partial charge in [-0.3, -0.25) is 0 Å². The summed E-state index contributed by atoms with van der Waals surface area (Å²) in [5.74, 6) is 0.130. The van der Waals surface area contributed by atoms with Gasteiger partial charge in [0, 0.05) is 18.8 Å². The van der Waals surface area contributed by atoms with Crippen LogP contribution in [0.3, 0.4) is 0 Å². The van der Waals surface area contributed by atoms with Crippen LogP contribution in [0.2, 0.25) is 0 Å². The van der Waals surface area contributed by atoms with Crippen LogP contribution < -0.4 is 10.6 Å². The van der Waals surface area contributed by atoms with Gasteiger partial charge in [-0.2, -0.15) is 4.98 Å². The molecule has 2 heterocycles. The summed E-state index contributed by atoms with van der Waals surface area (Å²) in [5.41, 5.74) is 6.11. The highest BCUT2D eigenvalue weighted by molar-refractivity contribution is 5.59. The monoisotopic (exact) mass is 264 g/mol. The van der Waals surface area contributed by atoms with Gasteiger partial charge in [0.25, 0.3) is 11.8 Å². The Bertz CT molecular complexity index is 581. The number of nitrogen functional groups attached to an aromatic ring is 1. The first-order chi connectivity index (χ1) is 9.24. The quantitative estimate of drug-likeness (QED) is 0.824. The number of rotatable bonds is 2. The molecule has 1 aromatic carbocycles. The van der Waals surface area contributed by atoms with Crippen molar-refractivity contribution in [3.63, 3.8) is 0 Å². The van der Waals surface area contributed by atoms with Gasteiger partial charge in [0.1, 0.15) is 5.82 Å². The van der Waals surface area contributed by atoms with E-state index in [0.29, 0.717) is 37.9 Å². The van der Waals surface area contributed by atoms with Gasteiger partial charge in [-0.15, -0.1) is 0 Å². The number of anilines is 2. The van der Waals surface area contributed by atoms with Gasteiger partial charge in [0.15, 0.2) is 0 Å². The second-order valence-corrected chi connectivity index (χ2v) is 4.24. The van der Waals surface area contributed by atoms with E-state index in [1.54, 1.807) is 6.07 Å². The molecule has 0 saturated carbocycles. The molecule has 2 aromatic rings. The van der Waals surface area contributed by atoms with E-state index in [1.807, 2.05) is 4.90 Å². The van der Waals surface area contributed by atoms with E-state index in [4.69, 9.17) is 15.0 Å². The predicted octanol–water partition coefficient (Wildman–Crippen LogP) is 1.29. The molecule has 1 saturated heterocycles. The number of nitrogens with zero attached hydrogens (tertiary/aromatic N) is 3. The highest BCUT2D eigenvalue weighted by Crippen LogP contribution is 2.24. The zero-order valence-electron chi connectivity index (χ0n) is 10.2. The van der Waals surface area contributed by atoms with E-state index < -0.39 is 5.82 Å². The molecular formula is C12H13FN4O2. The van der Waals surface area contributed by atoms with E-state index >= 15 is 0 Å². The number of halogens is 1. The summed E-state index contributed by atoms with van der Waals surface area (Å²) in [4.78, 5) is 6.14. The Morgan fingerprint density at radius 2 is 2.05 bits per heavy atom. The molecule has 0 aliphatic carbocycles. The van der Waals surface area contributed by atoms with Crippen LogP contribution in [-0.2, 0) is 4.74 Å².